The molecule has 4 rings (SSSR count). The fourth-order valence-corrected chi connectivity index (χ4v) is 4.36. The Balaban J connectivity index is 1.67. The number of carbonyl (C=O) groups excluding carboxylic acids is 1. The Bertz CT molecular complexity index is 1390. The standard InChI is InChI=1S/C27H27ClN4O3/c1-3-16(27(34)35)12-19(4-2)31-26(33)17-8-9-21-23-15-29-11-10-22(23)25(32-24(21)13-17)30-20-7-5-6-18(28)14-20/h5-11,13-16,19H,3-4,12H2,1-2H3,(H,30,32)(H,31,33)(H,34,35). The molecule has 0 radical (unpaired) electrons. The molecule has 0 aliphatic carbocycles. The van der Waals surface area contributed by atoms with Crippen LogP contribution in [0.2, 0.25) is 5.02 Å². The number of benzene rings is 2. The summed E-state index contributed by atoms with van der Waals surface area (Å²) >= 11 is 6.14. The van der Waals surface area contributed by atoms with Crippen molar-refractivity contribution in [2.75, 3.05) is 5.32 Å². The molecule has 3 N–H and O–H groups in total. The third kappa shape index (κ3) is 5.52. The summed E-state index contributed by atoms with van der Waals surface area (Å²) in [5, 5.41) is 19.0. The molecule has 0 fully saturated rings. The number of amides is 1. The van der Waals surface area contributed by atoms with Crippen molar-refractivity contribution in [2.45, 2.75) is 39.2 Å². The highest BCUT2D eigenvalue weighted by Gasteiger charge is 2.22. The Labute approximate surface area is 208 Å². The first-order valence-electron chi connectivity index (χ1n) is 11.6. The maximum absolute atomic E-state index is 13.0. The van der Waals surface area contributed by atoms with Crippen LogP contribution in [0.25, 0.3) is 21.7 Å². The number of fused-ring (bicyclic) bond motifs is 3. The first-order valence-corrected chi connectivity index (χ1v) is 12.0. The minimum Gasteiger partial charge on any atom is -0.481 e. The molecular weight excluding hydrogens is 464 g/mol. The molecule has 7 nitrogen and oxygen atoms in total. The second-order valence-corrected chi connectivity index (χ2v) is 8.94. The number of anilines is 2. The molecule has 0 spiro atoms. The van der Waals surface area contributed by atoms with Gasteiger partial charge in [-0.1, -0.05) is 37.6 Å². The van der Waals surface area contributed by atoms with Crippen molar-refractivity contribution in [3.05, 3.63) is 71.5 Å². The number of carbonyl (C=O) groups is 2. The van der Waals surface area contributed by atoms with E-state index in [-0.39, 0.29) is 11.9 Å². The summed E-state index contributed by atoms with van der Waals surface area (Å²) < 4.78 is 0. The maximum atomic E-state index is 13.0. The lowest BCUT2D eigenvalue weighted by atomic mass is 9.95. The Hall–Kier alpha value is -3.71. The van der Waals surface area contributed by atoms with Crippen LogP contribution < -0.4 is 10.6 Å². The average molecular weight is 491 g/mol. The number of nitrogens with zero attached hydrogens (tertiary/aromatic N) is 2. The van der Waals surface area contributed by atoms with E-state index in [1.54, 1.807) is 30.6 Å². The smallest absolute Gasteiger partial charge is 0.306 e. The van der Waals surface area contributed by atoms with Gasteiger partial charge in [0, 0.05) is 50.9 Å². The zero-order valence-corrected chi connectivity index (χ0v) is 20.3. The van der Waals surface area contributed by atoms with E-state index >= 15 is 0 Å². The van der Waals surface area contributed by atoms with Gasteiger partial charge in [-0.2, -0.15) is 0 Å². The van der Waals surface area contributed by atoms with Crippen molar-refractivity contribution in [3.63, 3.8) is 0 Å². The van der Waals surface area contributed by atoms with Gasteiger partial charge >= 0.3 is 5.97 Å². The molecule has 35 heavy (non-hydrogen) atoms. The number of halogens is 1. The summed E-state index contributed by atoms with van der Waals surface area (Å²) in [6.07, 6.45) is 5.05. The highest BCUT2D eigenvalue weighted by atomic mass is 35.5. The highest BCUT2D eigenvalue weighted by molar-refractivity contribution is 6.30. The quantitative estimate of drug-likeness (QED) is 0.242. The number of nitrogens with one attached hydrogen (secondary N) is 2. The van der Waals surface area contributed by atoms with Gasteiger partial charge in [0.05, 0.1) is 11.4 Å². The zero-order valence-electron chi connectivity index (χ0n) is 19.6. The van der Waals surface area contributed by atoms with Crippen LogP contribution in [0.3, 0.4) is 0 Å². The third-order valence-electron chi connectivity index (χ3n) is 6.18. The molecule has 0 saturated heterocycles. The van der Waals surface area contributed by atoms with E-state index in [0.29, 0.717) is 41.2 Å². The van der Waals surface area contributed by atoms with E-state index in [9.17, 15) is 14.7 Å². The lowest BCUT2D eigenvalue weighted by Gasteiger charge is -2.20. The molecule has 2 aromatic heterocycles. The van der Waals surface area contributed by atoms with Crippen molar-refractivity contribution >= 4 is 56.7 Å². The van der Waals surface area contributed by atoms with Crippen LogP contribution in [0.1, 0.15) is 43.5 Å². The Kier molecular flexibility index (Phi) is 7.46. The van der Waals surface area contributed by atoms with Gasteiger partial charge in [-0.25, -0.2) is 4.98 Å². The Morgan fingerprint density at radius 3 is 2.57 bits per heavy atom. The van der Waals surface area contributed by atoms with E-state index in [2.05, 4.69) is 15.6 Å². The van der Waals surface area contributed by atoms with E-state index in [0.717, 1.165) is 21.8 Å². The summed E-state index contributed by atoms with van der Waals surface area (Å²) in [6, 6.07) is 14.4. The van der Waals surface area contributed by atoms with Gasteiger partial charge in [0.25, 0.3) is 5.91 Å². The van der Waals surface area contributed by atoms with Gasteiger partial charge in [-0.05, 0) is 55.7 Å². The fraction of sp³-hybridized carbons (Fsp3) is 0.259. The largest absolute Gasteiger partial charge is 0.481 e. The van der Waals surface area contributed by atoms with Gasteiger partial charge in [-0.15, -0.1) is 0 Å². The van der Waals surface area contributed by atoms with E-state index in [1.165, 1.54) is 0 Å². The van der Waals surface area contributed by atoms with Crippen molar-refractivity contribution in [3.8, 4) is 0 Å². The number of aliphatic carboxylic acids is 1. The summed E-state index contributed by atoms with van der Waals surface area (Å²) in [7, 11) is 0. The molecule has 0 saturated carbocycles. The molecule has 0 aliphatic rings. The molecule has 2 heterocycles. The van der Waals surface area contributed by atoms with Crippen molar-refractivity contribution in [1.29, 1.82) is 0 Å². The molecular formula is C27H27ClN4O3. The maximum Gasteiger partial charge on any atom is 0.306 e. The normalized spacial score (nSPS) is 12.9. The second-order valence-electron chi connectivity index (χ2n) is 8.51. The Morgan fingerprint density at radius 2 is 1.86 bits per heavy atom. The van der Waals surface area contributed by atoms with Crippen LogP contribution in [0.15, 0.2) is 60.9 Å². The minimum absolute atomic E-state index is 0.229. The predicted octanol–water partition coefficient (Wildman–Crippen LogP) is 6.19. The van der Waals surface area contributed by atoms with Crippen molar-refractivity contribution < 1.29 is 14.7 Å². The van der Waals surface area contributed by atoms with E-state index in [4.69, 9.17) is 16.6 Å². The SMILES string of the molecule is CCC(CC(CC)C(=O)O)NC(=O)c1ccc2c(c1)nc(Nc1cccc(Cl)c1)c1ccncc12. The lowest BCUT2D eigenvalue weighted by Crippen LogP contribution is -2.37. The molecule has 180 valence electrons. The topological polar surface area (TPSA) is 104 Å². The van der Waals surface area contributed by atoms with E-state index < -0.39 is 11.9 Å². The zero-order chi connectivity index (χ0) is 24.9. The third-order valence-corrected chi connectivity index (χ3v) is 6.42. The molecule has 1 amide bonds. The predicted molar refractivity (Wildman–Crippen MR) is 139 cm³/mol. The molecule has 2 aromatic carbocycles. The molecule has 2 atom stereocenters. The van der Waals surface area contributed by atoms with Gasteiger partial charge in [-0.3, -0.25) is 14.6 Å². The minimum atomic E-state index is -0.838. The fourth-order valence-electron chi connectivity index (χ4n) is 4.17. The van der Waals surface area contributed by atoms with Crippen molar-refractivity contribution in [2.24, 2.45) is 5.92 Å². The molecule has 0 bridgehead atoms. The van der Waals surface area contributed by atoms with Gasteiger partial charge in [0.1, 0.15) is 5.82 Å². The van der Waals surface area contributed by atoms with Crippen molar-refractivity contribution in [1.82, 2.24) is 15.3 Å². The number of aromatic nitrogens is 2. The van der Waals surface area contributed by atoms with Crippen LogP contribution in [0, 0.1) is 5.92 Å². The van der Waals surface area contributed by atoms with Crippen LogP contribution in [0.4, 0.5) is 11.5 Å². The van der Waals surface area contributed by atoms with Crippen LogP contribution in [-0.2, 0) is 4.79 Å². The van der Waals surface area contributed by atoms with Crippen LogP contribution >= 0.6 is 11.6 Å². The molecule has 4 aromatic rings. The number of hydrogen-bond donors (Lipinski definition) is 3. The summed E-state index contributed by atoms with van der Waals surface area (Å²) in [4.78, 5) is 33.6. The summed E-state index contributed by atoms with van der Waals surface area (Å²) in [6.45, 7) is 3.78. The average Bonchev–Trinajstić information content (AvgIpc) is 2.86. The monoisotopic (exact) mass is 490 g/mol. The second kappa shape index (κ2) is 10.7. The number of pyridine rings is 2. The van der Waals surface area contributed by atoms with Crippen LogP contribution in [-0.4, -0.2) is 33.0 Å². The first-order chi connectivity index (χ1) is 16.9. The molecule has 0 aliphatic heterocycles. The number of carboxylic acids is 1. The van der Waals surface area contributed by atoms with Gasteiger partial charge in [0.15, 0.2) is 0 Å². The highest BCUT2D eigenvalue weighted by Crippen LogP contribution is 2.31. The number of carboxylic acid groups (broad SMARTS) is 1. The molecule has 2 unspecified atom stereocenters. The summed E-state index contributed by atoms with van der Waals surface area (Å²) in [5.41, 5.74) is 1.91. The summed E-state index contributed by atoms with van der Waals surface area (Å²) in [5.74, 6) is -0.947. The Morgan fingerprint density at radius 1 is 1.03 bits per heavy atom. The lowest BCUT2D eigenvalue weighted by molar-refractivity contribution is -0.142. The van der Waals surface area contributed by atoms with Gasteiger partial charge in [0.2, 0.25) is 0 Å². The number of hydrogen-bond acceptors (Lipinski definition) is 5. The van der Waals surface area contributed by atoms with Crippen LogP contribution in [0.5, 0.6) is 0 Å². The molecule has 8 heteroatoms. The van der Waals surface area contributed by atoms with Gasteiger partial charge < -0.3 is 15.7 Å². The van der Waals surface area contributed by atoms with E-state index in [1.807, 2.05) is 44.2 Å². The first kappa shape index (κ1) is 24.4. The number of rotatable bonds is 9.